The van der Waals surface area contributed by atoms with E-state index in [0.717, 1.165) is 24.3 Å². The lowest BCUT2D eigenvalue weighted by Crippen LogP contribution is -2.19. The van der Waals surface area contributed by atoms with Crippen LogP contribution in [-0.4, -0.2) is 21.3 Å². The van der Waals surface area contributed by atoms with E-state index in [2.05, 4.69) is 35.3 Å². The van der Waals surface area contributed by atoms with Crippen molar-refractivity contribution in [2.24, 2.45) is 0 Å². The van der Waals surface area contributed by atoms with Gasteiger partial charge in [0.1, 0.15) is 0 Å². The highest BCUT2D eigenvalue weighted by Gasteiger charge is 2.07. The van der Waals surface area contributed by atoms with Crippen molar-refractivity contribution < 1.29 is 0 Å². The molecule has 2 aromatic heterocycles. The van der Waals surface area contributed by atoms with Crippen LogP contribution >= 0.6 is 0 Å². The first kappa shape index (κ1) is 12.8. The predicted molar refractivity (Wildman–Crippen MR) is 72.8 cm³/mol. The second kappa shape index (κ2) is 5.78. The fraction of sp³-hybridized carbons (Fsp3) is 0.429. The second-order valence-electron chi connectivity index (χ2n) is 4.59. The van der Waals surface area contributed by atoms with Crippen molar-refractivity contribution in [1.82, 2.24) is 20.1 Å². The van der Waals surface area contributed by atoms with Crippen LogP contribution in [0.25, 0.3) is 5.82 Å². The van der Waals surface area contributed by atoms with Gasteiger partial charge in [-0.25, -0.2) is 9.67 Å². The standard InChI is InChI=1S/C14H20N4/c1-4-6-15-12(3)13-5-7-16-14(8-13)18-10-11(2)9-17-18/h5,7-10,12,15H,4,6H2,1-3H3. The van der Waals surface area contributed by atoms with Gasteiger partial charge in [0.05, 0.1) is 6.20 Å². The SMILES string of the molecule is CCCNC(C)c1ccnc(-n2cc(C)cn2)c1. The third-order valence-corrected chi connectivity index (χ3v) is 2.92. The molecule has 0 fully saturated rings. The van der Waals surface area contributed by atoms with Crippen LogP contribution in [-0.2, 0) is 0 Å². The Labute approximate surface area is 108 Å². The Hall–Kier alpha value is -1.68. The van der Waals surface area contributed by atoms with Gasteiger partial charge in [-0.05, 0) is 50.1 Å². The van der Waals surface area contributed by atoms with Gasteiger partial charge in [0.15, 0.2) is 5.82 Å². The third kappa shape index (κ3) is 2.96. The molecule has 0 amide bonds. The number of pyridine rings is 1. The van der Waals surface area contributed by atoms with Crippen molar-refractivity contribution in [2.45, 2.75) is 33.2 Å². The van der Waals surface area contributed by atoms with Crippen LogP contribution in [0.5, 0.6) is 0 Å². The van der Waals surface area contributed by atoms with Gasteiger partial charge in [-0.1, -0.05) is 6.92 Å². The molecule has 4 nitrogen and oxygen atoms in total. The lowest BCUT2D eigenvalue weighted by molar-refractivity contribution is 0.569. The van der Waals surface area contributed by atoms with Crippen LogP contribution in [0.1, 0.15) is 37.4 Å². The van der Waals surface area contributed by atoms with Crippen LogP contribution < -0.4 is 5.32 Å². The van der Waals surface area contributed by atoms with Crippen LogP contribution in [0.15, 0.2) is 30.7 Å². The number of hydrogen-bond acceptors (Lipinski definition) is 3. The smallest absolute Gasteiger partial charge is 0.153 e. The van der Waals surface area contributed by atoms with Crippen molar-refractivity contribution in [3.8, 4) is 5.82 Å². The first-order valence-corrected chi connectivity index (χ1v) is 6.41. The van der Waals surface area contributed by atoms with Crippen molar-refractivity contribution in [1.29, 1.82) is 0 Å². The molecular weight excluding hydrogens is 224 g/mol. The highest BCUT2D eigenvalue weighted by Crippen LogP contribution is 2.14. The van der Waals surface area contributed by atoms with Crippen LogP contribution in [0.4, 0.5) is 0 Å². The van der Waals surface area contributed by atoms with E-state index >= 15 is 0 Å². The molecule has 0 aliphatic carbocycles. The summed E-state index contributed by atoms with van der Waals surface area (Å²) in [5.41, 5.74) is 2.38. The number of aromatic nitrogens is 3. The van der Waals surface area contributed by atoms with Crippen LogP contribution in [0.2, 0.25) is 0 Å². The van der Waals surface area contributed by atoms with Gasteiger partial charge >= 0.3 is 0 Å². The maximum absolute atomic E-state index is 4.36. The number of nitrogens with one attached hydrogen (secondary N) is 1. The van der Waals surface area contributed by atoms with Crippen molar-refractivity contribution >= 4 is 0 Å². The highest BCUT2D eigenvalue weighted by molar-refractivity contribution is 5.29. The molecule has 0 aliphatic heterocycles. The number of nitrogens with zero attached hydrogens (tertiary/aromatic N) is 3. The van der Waals surface area contributed by atoms with Crippen LogP contribution in [0, 0.1) is 6.92 Å². The van der Waals surface area contributed by atoms with Gasteiger partial charge in [-0.2, -0.15) is 5.10 Å². The normalized spacial score (nSPS) is 12.6. The van der Waals surface area contributed by atoms with E-state index in [1.54, 1.807) is 0 Å². The number of hydrogen-bond donors (Lipinski definition) is 1. The van der Waals surface area contributed by atoms with E-state index < -0.39 is 0 Å². The lowest BCUT2D eigenvalue weighted by atomic mass is 10.1. The largest absolute Gasteiger partial charge is 0.310 e. The van der Waals surface area contributed by atoms with Gasteiger partial charge in [0.2, 0.25) is 0 Å². The summed E-state index contributed by atoms with van der Waals surface area (Å²) in [5, 5.41) is 7.76. The average Bonchev–Trinajstić information content (AvgIpc) is 2.83. The summed E-state index contributed by atoms with van der Waals surface area (Å²) < 4.78 is 1.81. The molecule has 4 heteroatoms. The monoisotopic (exact) mass is 244 g/mol. The minimum atomic E-state index is 0.336. The summed E-state index contributed by atoms with van der Waals surface area (Å²) in [6.07, 6.45) is 6.80. The fourth-order valence-electron chi connectivity index (χ4n) is 1.85. The van der Waals surface area contributed by atoms with E-state index in [-0.39, 0.29) is 0 Å². The molecule has 0 aliphatic rings. The summed E-state index contributed by atoms with van der Waals surface area (Å²) >= 11 is 0. The molecule has 1 unspecified atom stereocenters. The fourth-order valence-corrected chi connectivity index (χ4v) is 1.85. The van der Waals surface area contributed by atoms with Gasteiger partial charge in [-0.15, -0.1) is 0 Å². The molecule has 0 bridgehead atoms. The molecule has 0 saturated carbocycles. The molecule has 96 valence electrons. The van der Waals surface area contributed by atoms with E-state index in [0.29, 0.717) is 6.04 Å². The van der Waals surface area contributed by atoms with Gasteiger partial charge in [0, 0.05) is 18.4 Å². The molecule has 2 aromatic rings. The molecule has 1 N–H and O–H groups in total. The first-order valence-electron chi connectivity index (χ1n) is 6.41. The van der Waals surface area contributed by atoms with Gasteiger partial charge in [-0.3, -0.25) is 0 Å². The van der Waals surface area contributed by atoms with E-state index in [9.17, 15) is 0 Å². The Morgan fingerprint density at radius 1 is 1.44 bits per heavy atom. The molecule has 2 heterocycles. The molecule has 0 radical (unpaired) electrons. The Morgan fingerprint density at radius 2 is 2.28 bits per heavy atom. The highest BCUT2D eigenvalue weighted by atomic mass is 15.3. The van der Waals surface area contributed by atoms with E-state index in [1.165, 1.54) is 5.56 Å². The average molecular weight is 244 g/mol. The number of rotatable bonds is 5. The maximum atomic E-state index is 4.36. The first-order chi connectivity index (χ1) is 8.70. The van der Waals surface area contributed by atoms with Gasteiger partial charge < -0.3 is 5.32 Å². The van der Waals surface area contributed by atoms with Crippen molar-refractivity contribution in [3.05, 3.63) is 41.9 Å². The topological polar surface area (TPSA) is 42.7 Å². The van der Waals surface area contributed by atoms with Crippen LogP contribution in [0.3, 0.4) is 0 Å². The second-order valence-corrected chi connectivity index (χ2v) is 4.59. The molecular formula is C14H20N4. The Kier molecular flexibility index (Phi) is 4.10. The van der Waals surface area contributed by atoms with Crippen molar-refractivity contribution in [2.75, 3.05) is 6.54 Å². The molecule has 0 aromatic carbocycles. The molecule has 2 rings (SSSR count). The third-order valence-electron chi connectivity index (χ3n) is 2.92. The molecule has 1 atom stereocenters. The molecule has 0 spiro atoms. The minimum Gasteiger partial charge on any atom is -0.310 e. The number of aryl methyl sites for hydroxylation is 1. The Morgan fingerprint density at radius 3 is 2.94 bits per heavy atom. The molecule has 0 saturated heterocycles. The summed E-state index contributed by atoms with van der Waals surface area (Å²) in [7, 11) is 0. The zero-order valence-electron chi connectivity index (χ0n) is 11.2. The summed E-state index contributed by atoms with van der Waals surface area (Å²) in [5.74, 6) is 0.866. The Balaban J connectivity index is 2.19. The zero-order valence-corrected chi connectivity index (χ0v) is 11.2. The van der Waals surface area contributed by atoms with Gasteiger partial charge in [0.25, 0.3) is 0 Å². The van der Waals surface area contributed by atoms with E-state index in [1.807, 2.05) is 36.3 Å². The van der Waals surface area contributed by atoms with E-state index in [4.69, 9.17) is 0 Å². The summed E-state index contributed by atoms with van der Waals surface area (Å²) in [6.45, 7) is 7.39. The molecule has 18 heavy (non-hydrogen) atoms. The lowest BCUT2D eigenvalue weighted by Gasteiger charge is -2.14. The predicted octanol–water partition coefficient (Wildman–Crippen LogP) is 2.64. The Bertz CT molecular complexity index is 504. The summed E-state index contributed by atoms with van der Waals surface area (Å²) in [4.78, 5) is 4.36. The maximum Gasteiger partial charge on any atom is 0.153 e. The summed E-state index contributed by atoms with van der Waals surface area (Å²) in [6, 6.07) is 4.47. The zero-order chi connectivity index (χ0) is 13.0. The quantitative estimate of drug-likeness (QED) is 0.879. The van der Waals surface area contributed by atoms with Crippen molar-refractivity contribution in [3.63, 3.8) is 0 Å². The minimum absolute atomic E-state index is 0.336.